The van der Waals surface area contributed by atoms with Crippen LogP contribution < -0.4 is 5.32 Å². The highest BCUT2D eigenvalue weighted by molar-refractivity contribution is 9.10. The van der Waals surface area contributed by atoms with E-state index in [4.69, 9.17) is 4.42 Å². The zero-order valence-electron chi connectivity index (χ0n) is 10.2. The average Bonchev–Trinajstić information content (AvgIpc) is 2.81. The van der Waals surface area contributed by atoms with Crippen LogP contribution in [0.1, 0.15) is 10.6 Å². The summed E-state index contributed by atoms with van der Waals surface area (Å²) < 4.78 is 7.40. The van der Waals surface area contributed by atoms with Crippen molar-refractivity contribution in [3.05, 3.63) is 63.2 Å². The number of furan rings is 1. The number of rotatable bonds is 2. The van der Waals surface area contributed by atoms with Crippen molar-refractivity contribution in [1.82, 2.24) is 0 Å². The molecule has 0 spiro atoms. The second-order valence-corrected chi connectivity index (χ2v) is 6.09. The summed E-state index contributed by atoms with van der Waals surface area (Å²) in [5, 5.41) is 3.69. The molecular formula is C15H9Br2NO2. The molecule has 1 heterocycles. The first-order valence-corrected chi connectivity index (χ1v) is 7.46. The van der Waals surface area contributed by atoms with Crippen molar-refractivity contribution in [3.8, 4) is 0 Å². The van der Waals surface area contributed by atoms with E-state index in [1.165, 1.54) is 0 Å². The van der Waals surface area contributed by atoms with Crippen molar-refractivity contribution in [1.29, 1.82) is 0 Å². The predicted molar refractivity (Wildman–Crippen MR) is 86.0 cm³/mol. The van der Waals surface area contributed by atoms with Gasteiger partial charge in [0.25, 0.3) is 5.91 Å². The average molecular weight is 395 g/mol. The maximum Gasteiger partial charge on any atom is 0.291 e. The van der Waals surface area contributed by atoms with E-state index in [9.17, 15) is 4.79 Å². The van der Waals surface area contributed by atoms with Crippen LogP contribution in [0.5, 0.6) is 0 Å². The van der Waals surface area contributed by atoms with Crippen molar-refractivity contribution in [2.75, 3.05) is 5.32 Å². The van der Waals surface area contributed by atoms with Crippen molar-refractivity contribution in [3.63, 3.8) is 0 Å². The third-order valence-electron chi connectivity index (χ3n) is 2.78. The molecule has 100 valence electrons. The van der Waals surface area contributed by atoms with Gasteiger partial charge in [-0.1, -0.05) is 37.9 Å². The third kappa shape index (κ3) is 2.78. The first-order valence-electron chi connectivity index (χ1n) is 5.88. The Morgan fingerprint density at radius 2 is 1.80 bits per heavy atom. The molecule has 0 radical (unpaired) electrons. The minimum absolute atomic E-state index is 0.268. The topological polar surface area (TPSA) is 42.2 Å². The fourth-order valence-electron chi connectivity index (χ4n) is 1.89. The van der Waals surface area contributed by atoms with Crippen LogP contribution in [-0.4, -0.2) is 5.91 Å². The number of amides is 1. The smallest absolute Gasteiger partial charge is 0.291 e. The molecule has 0 aliphatic rings. The van der Waals surface area contributed by atoms with Gasteiger partial charge in [-0.25, -0.2) is 0 Å². The highest BCUT2D eigenvalue weighted by Gasteiger charge is 2.12. The van der Waals surface area contributed by atoms with Crippen LogP contribution in [0.3, 0.4) is 0 Å². The van der Waals surface area contributed by atoms with Gasteiger partial charge in [-0.3, -0.25) is 4.79 Å². The van der Waals surface area contributed by atoms with Gasteiger partial charge in [0.15, 0.2) is 5.76 Å². The Bertz CT molecular complexity index is 795. The van der Waals surface area contributed by atoms with E-state index >= 15 is 0 Å². The number of carbonyl (C=O) groups excluding carboxylic acids is 1. The number of nitrogens with one attached hydrogen (secondary N) is 1. The van der Waals surface area contributed by atoms with Gasteiger partial charge >= 0.3 is 0 Å². The Balaban J connectivity index is 1.88. The summed E-state index contributed by atoms with van der Waals surface area (Å²) in [7, 11) is 0. The minimum Gasteiger partial charge on any atom is -0.451 e. The molecule has 3 rings (SSSR count). The first-order chi connectivity index (χ1) is 9.61. The molecule has 0 saturated carbocycles. The first kappa shape index (κ1) is 13.4. The van der Waals surface area contributed by atoms with E-state index in [1.54, 1.807) is 6.07 Å². The van der Waals surface area contributed by atoms with Crippen LogP contribution in [-0.2, 0) is 0 Å². The van der Waals surface area contributed by atoms with Crippen molar-refractivity contribution in [2.24, 2.45) is 0 Å². The summed E-state index contributed by atoms with van der Waals surface area (Å²) in [6.07, 6.45) is 0. The standard InChI is InChI=1S/C15H9Br2NO2/c16-10-2-1-3-12(8-10)18-15(19)14-7-9-6-11(17)4-5-13(9)20-14/h1-8H,(H,18,19). The number of hydrogen-bond acceptors (Lipinski definition) is 2. The minimum atomic E-state index is -0.268. The molecule has 1 aromatic heterocycles. The number of carbonyl (C=O) groups is 1. The molecule has 3 aromatic rings. The second kappa shape index (κ2) is 5.42. The van der Waals surface area contributed by atoms with Gasteiger partial charge in [-0.15, -0.1) is 0 Å². The zero-order chi connectivity index (χ0) is 14.1. The lowest BCUT2D eigenvalue weighted by atomic mass is 10.2. The maximum atomic E-state index is 12.1. The predicted octanol–water partition coefficient (Wildman–Crippen LogP) is 5.21. The molecule has 0 saturated heterocycles. The Kier molecular flexibility index (Phi) is 3.63. The Hall–Kier alpha value is -1.59. The van der Waals surface area contributed by atoms with Gasteiger partial charge in [0.05, 0.1) is 0 Å². The lowest BCUT2D eigenvalue weighted by Crippen LogP contribution is -2.10. The molecule has 1 N–H and O–H groups in total. The molecular weight excluding hydrogens is 386 g/mol. The van der Waals surface area contributed by atoms with Gasteiger partial charge < -0.3 is 9.73 Å². The quantitative estimate of drug-likeness (QED) is 0.648. The molecule has 0 fully saturated rings. The zero-order valence-corrected chi connectivity index (χ0v) is 13.4. The van der Waals surface area contributed by atoms with Crippen molar-refractivity contribution >= 4 is 54.4 Å². The molecule has 0 unspecified atom stereocenters. The Morgan fingerprint density at radius 1 is 1.00 bits per heavy atom. The van der Waals surface area contributed by atoms with Gasteiger partial charge in [0.1, 0.15) is 5.58 Å². The molecule has 20 heavy (non-hydrogen) atoms. The maximum absolute atomic E-state index is 12.1. The molecule has 1 amide bonds. The number of hydrogen-bond donors (Lipinski definition) is 1. The van der Waals surface area contributed by atoms with Crippen molar-refractivity contribution < 1.29 is 9.21 Å². The largest absolute Gasteiger partial charge is 0.451 e. The molecule has 0 bridgehead atoms. The summed E-state index contributed by atoms with van der Waals surface area (Å²) in [6, 6.07) is 14.8. The summed E-state index contributed by atoms with van der Waals surface area (Å²) >= 11 is 6.76. The van der Waals surface area contributed by atoms with E-state index in [0.717, 1.165) is 14.3 Å². The molecule has 5 heteroatoms. The fourth-order valence-corrected chi connectivity index (χ4v) is 2.66. The van der Waals surface area contributed by atoms with Gasteiger partial charge in [0, 0.05) is 20.0 Å². The van der Waals surface area contributed by atoms with Crippen LogP contribution >= 0.6 is 31.9 Å². The third-order valence-corrected chi connectivity index (χ3v) is 3.77. The van der Waals surface area contributed by atoms with Crippen LogP contribution in [0.2, 0.25) is 0 Å². The Morgan fingerprint density at radius 3 is 2.60 bits per heavy atom. The summed E-state index contributed by atoms with van der Waals surface area (Å²) in [6.45, 7) is 0. The molecule has 0 atom stereocenters. The number of fused-ring (bicyclic) bond motifs is 1. The van der Waals surface area contributed by atoms with Gasteiger partial charge in [0.2, 0.25) is 0 Å². The molecule has 3 nitrogen and oxygen atoms in total. The molecule has 0 aliphatic carbocycles. The van der Waals surface area contributed by atoms with Gasteiger partial charge in [-0.2, -0.15) is 0 Å². The molecule has 2 aromatic carbocycles. The van der Waals surface area contributed by atoms with E-state index in [1.807, 2.05) is 42.5 Å². The number of anilines is 1. The van der Waals surface area contributed by atoms with Gasteiger partial charge in [-0.05, 0) is 42.5 Å². The highest BCUT2D eigenvalue weighted by atomic mass is 79.9. The van der Waals surface area contributed by atoms with Crippen LogP contribution in [0, 0.1) is 0 Å². The lowest BCUT2D eigenvalue weighted by Gasteiger charge is -2.02. The summed E-state index contributed by atoms with van der Waals surface area (Å²) in [5.41, 5.74) is 1.40. The van der Waals surface area contributed by atoms with E-state index in [-0.39, 0.29) is 11.7 Å². The van der Waals surface area contributed by atoms with E-state index < -0.39 is 0 Å². The Labute approximate surface area is 132 Å². The van der Waals surface area contributed by atoms with E-state index in [0.29, 0.717) is 11.3 Å². The summed E-state index contributed by atoms with van der Waals surface area (Å²) in [4.78, 5) is 12.1. The van der Waals surface area contributed by atoms with E-state index in [2.05, 4.69) is 37.2 Å². The summed E-state index contributed by atoms with van der Waals surface area (Å²) in [5.74, 6) is 0.0218. The normalized spacial score (nSPS) is 10.7. The second-order valence-electron chi connectivity index (χ2n) is 4.26. The van der Waals surface area contributed by atoms with Crippen molar-refractivity contribution in [2.45, 2.75) is 0 Å². The SMILES string of the molecule is O=C(Nc1cccc(Br)c1)c1cc2cc(Br)ccc2o1. The number of benzene rings is 2. The van der Waals surface area contributed by atoms with Crippen LogP contribution in [0.15, 0.2) is 61.9 Å². The van der Waals surface area contributed by atoms with Crippen LogP contribution in [0.25, 0.3) is 11.0 Å². The fraction of sp³-hybridized carbons (Fsp3) is 0. The highest BCUT2D eigenvalue weighted by Crippen LogP contribution is 2.24. The molecule has 0 aliphatic heterocycles. The number of halogens is 2. The lowest BCUT2D eigenvalue weighted by molar-refractivity contribution is 0.0998. The monoisotopic (exact) mass is 393 g/mol. The van der Waals surface area contributed by atoms with Crippen LogP contribution in [0.4, 0.5) is 5.69 Å².